The fourth-order valence-corrected chi connectivity index (χ4v) is 5.75. The van der Waals surface area contributed by atoms with Crippen molar-refractivity contribution in [2.75, 3.05) is 49.9 Å². The van der Waals surface area contributed by atoms with Crippen LogP contribution in [-0.2, 0) is 0 Å². The maximum atomic E-state index is 12.6. The van der Waals surface area contributed by atoms with Crippen LogP contribution in [0.4, 0.5) is 5.13 Å². The molecule has 0 spiro atoms. The van der Waals surface area contributed by atoms with Crippen molar-refractivity contribution in [2.24, 2.45) is 0 Å². The lowest BCUT2D eigenvalue weighted by Gasteiger charge is -2.34. The van der Waals surface area contributed by atoms with Crippen molar-refractivity contribution in [1.29, 1.82) is 0 Å². The van der Waals surface area contributed by atoms with Gasteiger partial charge in [-0.15, -0.1) is 24.2 Å². The van der Waals surface area contributed by atoms with E-state index in [1.807, 2.05) is 24.3 Å². The molecular formula is C24H31ClN4OS2. The molecule has 1 aliphatic rings. The molecule has 0 radical (unpaired) electrons. The molecule has 0 atom stereocenters. The highest BCUT2D eigenvalue weighted by Gasteiger charge is 2.20. The van der Waals surface area contributed by atoms with E-state index < -0.39 is 0 Å². The monoisotopic (exact) mass is 490 g/mol. The lowest BCUT2D eigenvalue weighted by molar-refractivity contribution is 0.0945. The third-order valence-electron chi connectivity index (χ3n) is 5.86. The van der Waals surface area contributed by atoms with Gasteiger partial charge >= 0.3 is 0 Å². The molecule has 172 valence electrons. The van der Waals surface area contributed by atoms with Crippen molar-refractivity contribution in [1.82, 2.24) is 15.2 Å². The SMILES string of the molecule is CCSc1ccccc1C(=O)NCCN1CCN(c2nc3c(C)c(C)ccc3s2)CC1.Cl. The molecule has 8 heteroatoms. The number of fused-ring (bicyclic) bond motifs is 1. The Morgan fingerprint density at radius 1 is 1.12 bits per heavy atom. The van der Waals surface area contributed by atoms with E-state index in [2.05, 4.69) is 48.0 Å². The molecule has 0 aliphatic carbocycles. The van der Waals surface area contributed by atoms with Gasteiger partial charge < -0.3 is 10.2 Å². The summed E-state index contributed by atoms with van der Waals surface area (Å²) in [5.41, 5.74) is 4.51. The van der Waals surface area contributed by atoms with Crippen LogP contribution >= 0.6 is 35.5 Å². The zero-order valence-corrected chi connectivity index (χ0v) is 21.3. The number of anilines is 1. The lowest BCUT2D eigenvalue weighted by Crippen LogP contribution is -2.48. The van der Waals surface area contributed by atoms with Crippen LogP contribution in [0, 0.1) is 13.8 Å². The number of rotatable bonds is 7. The zero-order valence-electron chi connectivity index (χ0n) is 18.9. The van der Waals surface area contributed by atoms with Crippen molar-refractivity contribution in [3.8, 4) is 0 Å². The normalized spacial score (nSPS) is 14.4. The molecule has 1 N–H and O–H groups in total. The van der Waals surface area contributed by atoms with Gasteiger partial charge in [-0.05, 0) is 48.9 Å². The summed E-state index contributed by atoms with van der Waals surface area (Å²) in [6.45, 7) is 11.9. The highest BCUT2D eigenvalue weighted by atomic mass is 35.5. The second-order valence-corrected chi connectivity index (χ2v) is 10.2. The molecule has 0 bridgehead atoms. The molecule has 0 unspecified atom stereocenters. The first-order valence-electron chi connectivity index (χ1n) is 10.9. The van der Waals surface area contributed by atoms with E-state index >= 15 is 0 Å². The Labute approximate surface area is 205 Å². The van der Waals surface area contributed by atoms with Crippen LogP contribution in [0.15, 0.2) is 41.3 Å². The van der Waals surface area contributed by atoms with Gasteiger partial charge in [0.2, 0.25) is 0 Å². The second-order valence-electron chi connectivity index (χ2n) is 7.86. The largest absolute Gasteiger partial charge is 0.351 e. The molecule has 4 rings (SSSR count). The van der Waals surface area contributed by atoms with Crippen molar-refractivity contribution >= 4 is 56.8 Å². The predicted molar refractivity (Wildman–Crippen MR) is 140 cm³/mol. The summed E-state index contributed by atoms with van der Waals surface area (Å²) >= 11 is 3.50. The smallest absolute Gasteiger partial charge is 0.252 e. The number of halogens is 1. The Morgan fingerprint density at radius 3 is 2.62 bits per heavy atom. The number of hydrogen-bond donors (Lipinski definition) is 1. The van der Waals surface area contributed by atoms with Gasteiger partial charge in [0, 0.05) is 44.2 Å². The Kier molecular flexibility index (Phi) is 8.82. The number of nitrogens with zero attached hydrogens (tertiary/aromatic N) is 3. The van der Waals surface area contributed by atoms with Crippen molar-refractivity contribution in [3.63, 3.8) is 0 Å². The van der Waals surface area contributed by atoms with Gasteiger partial charge in [0.25, 0.3) is 5.91 Å². The van der Waals surface area contributed by atoms with Crippen LogP contribution in [-0.4, -0.2) is 60.8 Å². The minimum absolute atomic E-state index is 0. The molecule has 3 aromatic rings. The number of nitrogens with one attached hydrogen (secondary N) is 1. The van der Waals surface area contributed by atoms with E-state index in [1.54, 1.807) is 23.1 Å². The molecule has 0 saturated carbocycles. The van der Waals surface area contributed by atoms with E-state index in [-0.39, 0.29) is 18.3 Å². The predicted octanol–water partition coefficient (Wildman–Crippen LogP) is 5.00. The molecule has 32 heavy (non-hydrogen) atoms. The first-order chi connectivity index (χ1) is 15.1. The summed E-state index contributed by atoms with van der Waals surface area (Å²) in [7, 11) is 0. The van der Waals surface area contributed by atoms with E-state index in [0.717, 1.165) is 59.6 Å². The average Bonchev–Trinajstić information content (AvgIpc) is 3.22. The van der Waals surface area contributed by atoms with Crippen LogP contribution in [0.5, 0.6) is 0 Å². The van der Waals surface area contributed by atoms with Gasteiger partial charge in [-0.2, -0.15) is 0 Å². The molecule has 2 heterocycles. The van der Waals surface area contributed by atoms with Gasteiger partial charge in [0.05, 0.1) is 15.8 Å². The number of aryl methyl sites for hydroxylation is 2. The fourth-order valence-electron chi connectivity index (χ4n) is 3.87. The van der Waals surface area contributed by atoms with Crippen molar-refractivity contribution in [3.05, 3.63) is 53.1 Å². The second kappa shape index (κ2) is 11.4. The van der Waals surface area contributed by atoms with E-state index in [0.29, 0.717) is 6.54 Å². The maximum absolute atomic E-state index is 12.6. The summed E-state index contributed by atoms with van der Waals surface area (Å²) in [4.78, 5) is 23.4. The van der Waals surface area contributed by atoms with Crippen LogP contribution in [0.2, 0.25) is 0 Å². The number of carbonyl (C=O) groups excluding carboxylic acids is 1. The van der Waals surface area contributed by atoms with E-state index in [1.165, 1.54) is 15.8 Å². The van der Waals surface area contributed by atoms with E-state index in [9.17, 15) is 4.79 Å². The molecule has 2 aromatic carbocycles. The number of hydrogen-bond acceptors (Lipinski definition) is 6. The molecular weight excluding hydrogens is 460 g/mol. The van der Waals surface area contributed by atoms with Gasteiger partial charge in [-0.25, -0.2) is 4.98 Å². The molecule has 1 saturated heterocycles. The van der Waals surface area contributed by atoms with Crippen LogP contribution in [0.1, 0.15) is 28.4 Å². The number of carbonyl (C=O) groups is 1. The van der Waals surface area contributed by atoms with Crippen molar-refractivity contribution in [2.45, 2.75) is 25.7 Å². The zero-order chi connectivity index (χ0) is 21.8. The Bertz CT molecular complexity index is 1060. The van der Waals surface area contributed by atoms with Crippen LogP contribution in [0.25, 0.3) is 10.2 Å². The third kappa shape index (κ3) is 5.57. The number of piperazine rings is 1. The standard InChI is InChI=1S/C24H30N4OS2.ClH/c1-4-30-20-8-6-5-7-19(20)23(29)25-11-12-27-13-15-28(16-14-27)24-26-22-18(3)17(2)9-10-21(22)31-24;/h5-10H,4,11-16H2,1-3H3,(H,25,29);1H. The molecule has 1 amide bonds. The molecule has 1 aromatic heterocycles. The topological polar surface area (TPSA) is 48.5 Å². The van der Waals surface area contributed by atoms with Crippen LogP contribution in [0.3, 0.4) is 0 Å². The van der Waals surface area contributed by atoms with Gasteiger partial charge in [0.1, 0.15) is 0 Å². The minimum atomic E-state index is 0. The number of benzene rings is 2. The van der Waals surface area contributed by atoms with Crippen molar-refractivity contribution < 1.29 is 4.79 Å². The first kappa shape index (κ1) is 24.8. The molecule has 5 nitrogen and oxygen atoms in total. The summed E-state index contributed by atoms with van der Waals surface area (Å²) in [5, 5.41) is 4.23. The lowest BCUT2D eigenvalue weighted by atomic mass is 10.1. The van der Waals surface area contributed by atoms with E-state index in [4.69, 9.17) is 4.98 Å². The third-order valence-corrected chi connectivity index (χ3v) is 7.90. The minimum Gasteiger partial charge on any atom is -0.351 e. The highest BCUT2D eigenvalue weighted by Crippen LogP contribution is 2.32. The van der Waals surface area contributed by atoms with Crippen LogP contribution < -0.4 is 10.2 Å². The number of thioether (sulfide) groups is 1. The Balaban J connectivity index is 0.00000289. The Morgan fingerprint density at radius 2 is 1.88 bits per heavy atom. The highest BCUT2D eigenvalue weighted by molar-refractivity contribution is 7.99. The number of amides is 1. The average molecular weight is 491 g/mol. The first-order valence-corrected chi connectivity index (χ1v) is 12.7. The summed E-state index contributed by atoms with van der Waals surface area (Å²) in [6.07, 6.45) is 0. The van der Waals surface area contributed by atoms with Gasteiger partial charge in [0.15, 0.2) is 5.13 Å². The summed E-state index contributed by atoms with van der Waals surface area (Å²) in [6, 6.07) is 12.2. The maximum Gasteiger partial charge on any atom is 0.252 e. The van der Waals surface area contributed by atoms with Gasteiger partial charge in [-0.3, -0.25) is 9.69 Å². The summed E-state index contributed by atoms with van der Waals surface area (Å²) in [5.74, 6) is 0.984. The fraction of sp³-hybridized carbons (Fsp3) is 0.417. The summed E-state index contributed by atoms with van der Waals surface area (Å²) < 4.78 is 1.27. The Hall–Kier alpha value is -1.80. The molecule has 1 fully saturated rings. The number of aromatic nitrogens is 1. The number of thiazole rings is 1. The van der Waals surface area contributed by atoms with Gasteiger partial charge in [-0.1, -0.05) is 36.5 Å². The quantitative estimate of drug-likeness (QED) is 0.472. The molecule has 1 aliphatic heterocycles.